The van der Waals surface area contributed by atoms with E-state index in [4.69, 9.17) is 33.7 Å². The lowest BCUT2D eigenvalue weighted by Crippen LogP contribution is -2.49. The molecule has 0 radical (unpaired) electrons. The largest absolute Gasteiger partial charge is 0.444 e. The molecule has 8 rings (SSSR count). The van der Waals surface area contributed by atoms with Gasteiger partial charge >= 0.3 is 6.09 Å². The molecule has 2 saturated heterocycles. The molecule has 0 bridgehead atoms. The van der Waals surface area contributed by atoms with Crippen LogP contribution in [0.4, 0.5) is 25.2 Å². The summed E-state index contributed by atoms with van der Waals surface area (Å²) >= 11 is 12.7. The number of halogens is 5. The van der Waals surface area contributed by atoms with Gasteiger partial charge in [0.1, 0.15) is 85.9 Å². The van der Waals surface area contributed by atoms with Gasteiger partial charge in [0, 0.05) is 62.4 Å². The van der Waals surface area contributed by atoms with Crippen LogP contribution >= 0.6 is 35.6 Å². The summed E-state index contributed by atoms with van der Waals surface area (Å²) in [6.07, 6.45) is 2.72. The Morgan fingerprint density at radius 2 is 1.25 bits per heavy atom. The second-order valence-corrected chi connectivity index (χ2v) is 18.8. The molecule has 4 aromatic heterocycles. The van der Waals surface area contributed by atoms with Crippen molar-refractivity contribution in [3.63, 3.8) is 0 Å². The first-order chi connectivity index (χ1) is 31.7. The second kappa shape index (κ2) is 20.6. The van der Waals surface area contributed by atoms with Crippen LogP contribution in [0.1, 0.15) is 80.4 Å². The molecule has 16 nitrogen and oxygen atoms in total. The first-order valence-electron chi connectivity index (χ1n) is 21.8. The third kappa shape index (κ3) is 10.4. The van der Waals surface area contributed by atoms with E-state index in [9.17, 15) is 33.7 Å². The summed E-state index contributed by atoms with van der Waals surface area (Å²) in [5.41, 5.74) is 7.69. The summed E-state index contributed by atoms with van der Waals surface area (Å²) in [7, 11) is 3.25. The third-order valence-electron chi connectivity index (χ3n) is 12.0. The Bertz CT molecular complexity index is 3130. The molecule has 3 N–H and O–H groups in total. The van der Waals surface area contributed by atoms with Crippen molar-refractivity contribution in [3.8, 4) is 12.1 Å². The minimum atomic E-state index is -0.632. The lowest BCUT2D eigenvalue weighted by atomic mass is 10.1. The average molecular weight is 994 g/mol. The van der Waals surface area contributed by atoms with Crippen molar-refractivity contribution < 1.29 is 18.3 Å². The summed E-state index contributed by atoms with van der Waals surface area (Å²) < 4.78 is 39.7. The van der Waals surface area contributed by atoms with E-state index in [0.717, 1.165) is 25.7 Å². The molecule has 2 aliphatic rings. The van der Waals surface area contributed by atoms with Crippen LogP contribution in [0.15, 0.2) is 46.0 Å². The van der Waals surface area contributed by atoms with Gasteiger partial charge in [-0.1, -0.05) is 23.2 Å². The smallest absolute Gasteiger partial charge is 0.407 e. The van der Waals surface area contributed by atoms with Crippen LogP contribution in [0.25, 0.3) is 22.1 Å². The molecule has 2 aliphatic heterocycles. The van der Waals surface area contributed by atoms with Crippen molar-refractivity contribution in [2.45, 2.75) is 91.1 Å². The van der Waals surface area contributed by atoms with Crippen LogP contribution in [0, 0.1) is 48.1 Å². The molecule has 6 heterocycles. The molecule has 0 aliphatic carbocycles. The number of alkyl carbamates (subject to hydrolysis) is 1. The van der Waals surface area contributed by atoms with Gasteiger partial charge in [-0.2, -0.15) is 10.5 Å². The third-order valence-corrected chi connectivity index (χ3v) is 12.8. The fourth-order valence-electron chi connectivity index (χ4n) is 8.73. The van der Waals surface area contributed by atoms with Crippen LogP contribution in [-0.4, -0.2) is 78.2 Å². The highest BCUT2D eigenvalue weighted by Crippen LogP contribution is 2.36. The van der Waals surface area contributed by atoms with Crippen molar-refractivity contribution >= 4 is 75.4 Å². The van der Waals surface area contributed by atoms with E-state index in [2.05, 4.69) is 27.4 Å². The number of carbonyl (C=O) groups is 1. The number of carbonyl (C=O) groups excluding carboxylic acids is 1. The summed E-state index contributed by atoms with van der Waals surface area (Å²) in [6, 6.07) is 12.4. The van der Waals surface area contributed by atoms with Gasteiger partial charge in [0.05, 0.1) is 13.1 Å². The topological polar surface area (TPSA) is 198 Å². The number of nitrogens with one attached hydrogen (secondary N) is 1. The number of amides is 1. The quantitative estimate of drug-likeness (QED) is 0.162. The number of rotatable bonds is 7. The minimum absolute atomic E-state index is 0. The Balaban J connectivity index is 0.000000225. The zero-order chi connectivity index (χ0) is 48.6. The number of ether oxygens (including phenoxy) is 1. The zero-order valence-corrected chi connectivity index (χ0v) is 41.1. The molecule has 2 atom stereocenters. The molecular formula is C47H53Cl3F2N12O4. The number of aromatic nitrogens is 6. The number of aryl methyl sites for hydroxylation is 2. The first kappa shape index (κ1) is 51.2. The lowest BCUT2D eigenvalue weighted by molar-refractivity contribution is 0.0499. The van der Waals surface area contributed by atoms with Crippen LogP contribution < -0.4 is 32.0 Å². The van der Waals surface area contributed by atoms with E-state index in [1.165, 1.54) is 45.5 Å². The molecule has 360 valence electrons. The normalized spacial score (nSPS) is 16.1. The van der Waals surface area contributed by atoms with E-state index >= 15 is 0 Å². The monoisotopic (exact) mass is 992 g/mol. The Morgan fingerprint density at radius 1 is 0.809 bits per heavy atom. The van der Waals surface area contributed by atoms with Crippen molar-refractivity contribution in [2.75, 3.05) is 36.0 Å². The van der Waals surface area contributed by atoms with Crippen LogP contribution in [0.2, 0.25) is 10.0 Å². The molecule has 6 aromatic rings. The highest BCUT2D eigenvalue weighted by atomic mass is 35.5. The second-order valence-electron chi connectivity index (χ2n) is 18.0. The van der Waals surface area contributed by atoms with Gasteiger partial charge in [0.25, 0.3) is 11.1 Å². The molecule has 0 spiro atoms. The SMILES string of the molecule is Cc1nc2c(C#N)c(N3CCC[C@@H](N)C3)n(Cc3cc(F)ccc3Cl)c2c(=O)n1C.Cc1nc2c(C#N)c(N3CCC[C@@H](NC(=O)OC(C)(C)C)C3)n(Cc3cc(F)ccc3Cl)c2c(=O)n1C.Cl. The number of anilines is 2. The standard InChI is InChI=1S/C26H30ClFN6O3.C21H22ClFN6O.ClH/c1-15-30-21-19(12-29)23(33-10-6-7-18(14-33)31-25(36)37-26(2,3)4)34(22(21)24(35)32(15)5)13-16-11-17(28)8-9-20(16)27;1-12-26-18-16(9-24)20(28-7-3-4-15(25)11-28)29(19(18)21(30)27(12)2)10-13-8-14(23)5-6-17(13)22;/h8-9,11,18H,6-7,10,13-14H2,1-5H3,(H,31,36);5-6,8,15H,3-4,7,10-11,25H2,1-2H3;1H/t18-;15-;/m11./s1. The zero-order valence-electron chi connectivity index (χ0n) is 38.8. The van der Waals surface area contributed by atoms with Crippen LogP contribution in [0.5, 0.6) is 0 Å². The van der Waals surface area contributed by atoms with Gasteiger partial charge in [-0.15, -0.1) is 12.4 Å². The van der Waals surface area contributed by atoms with Gasteiger partial charge < -0.3 is 34.7 Å². The molecule has 21 heteroatoms. The van der Waals surface area contributed by atoms with Crippen LogP contribution in [-0.2, 0) is 31.9 Å². The maximum absolute atomic E-state index is 14.1. The number of hydrogen-bond donors (Lipinski definition) is 2. The van der Waals surface area contributed by atoms with E-state index in [-0.39, 0.29) is 65.3 Å². The molecule has 2 fully saturated rings. The predicted octanol–water partition coefficient (Wildman–Crippen LogP) is 7.35. The van der Waals surface area contributed by atoms with Crippen molar-refractivity contribution in [2.24, 2.45) is 19.8 Å². The minimum Gasteiger partial charge on any atom is -0.444 e. The summed E-state index contributed by atoms with van der Waals surface area (Å²) in [6.45, 7) is 11.2. The number of nitrogens with zero attached hydrogens (tertiary/aromatic N) is 10. The molecule has 1 amide bonds. The van der Waals surface area contributed by atoms with E-state index in [0.29, 0.717) is 87.2 Å². The molecule has 68 heavy (non-hydrogen) atoms. The summed E-state index contributed by atoms with van der Waals surface area (Å²) in [4.78, 5) is 52.1. The number of nitrogens with two attached hydrogens (primary N) is 1. The maximum Gasteiger partial charge on any atom is 0.407 e. The number of benzene rings is 2. The van der Waals surface area contributed by atoms with Crippen molar-refractivity contribution in [3.05, 3.63) is 113 Å². The number of hydrogen-bond acceptors (Lipinski definition) is 11. The lowest BCUT2D eigenvalue weighted by Gasteiger charge is -2.35. The molecule has 0 unspecified atom stereocenters. The highest BCUT2D eigenvalue weighted by molar-refractivity contribution is 6.31. The first-order valence-corrected chi connectivity index (χ1v) is 22.6. The van der Waals surface area contributed by atoms with Gasteiger partial charge in [-0.3, -0.25) is 18.7 Å². The van der Waals surface area contributed by atoms with Crippen molar-refractivity contribution in [1.82, 2.24) is 33.6 Å². The Hall–Kier alpha value is -6.18. The van der Waals surface area contributed by atoms with Gasteiger partial charge in [0.2, 0.25) is 0 Å². The van der Waals surface area contributed by atoms with Crippen LogP contribution in [0.3, 0.4) is 0 Å². The number of piperidine rings is 2. The number of nitriles is 2. The average Bonchev–Trinajstić information content (AvgIpc) is 3.75. The summed E-state index contributed by atoms with van der Waals surface area (Å²) in [5.74, 6) is 1.16. The Labute approximate surface area is 407 Å². The highest BCUT2D eigenvalue weighted by Gasteiger charge is 2.32. The van der Waals surface area contributed by atoms with E-state index < -0.39 is 23.3 Å². The van der Waals surface area contributed by atoms with Gasteiger partial charge in [-0.05, 0) is 108 Å². The predicted molar refractivity (Wildman–Crippen MR) is 261 cm³/mol. The fraction of sp³-hybridized carbons (Fsp3) is 0.426. The summed E-state index contributed by atoms with van der Waals surface area (Å²) in [5, 5.41) is 23.8. The molecule has 0 saturated carbocycles. The number of fused-ring (bicyclic) bond motifs is 2. The van der Waals surface area contributed by atoms with Gasteiger partial charge in [0.15, 0.2) is 0 Å². The fourth-order valence-corrected chi connectivity index (χ4v) is 9.08. The van der Waals surface area contributed by atoms with E-state index in [1.54, 1.807) is 57.8 Å². The molecular weight excluding hydrogens is 941 g/mol. The molecule has 2 aromatic carbocycles. The Kier molecular flexibility index (Phi) is 15.5. The Morgan fingerprint density at radius 3 is 1.68 bits per heavy atom. The maximum atomic E-state index is 14.1. The van der Waals surface area contributed by atoms with Gasteiger partial charge in [-0.25, -0.2) is 23.5 Å². The van der Waals surface area contributed by atoms with E-state index in [1.807, 2.05) is 9.80 Å². The van der Waals surface area contributed by atoms with Crippen molar-refractivity contribution in [1.29, 1.82) is 10.5 Å².